The highest BCUT2D eigenvalue weighted by atomic mass is 16.5. The van der Waals surface area contributed by atoms with Gasteiger partial charge in [0.2, 0.25) is 0 Å². The van der Waals surface area contributed by atoms with Crippen LogP contribution in [0.4, 0.5) is 0 Å². The monoisotopic (exact) mass is 270 g/mol. The minimum atomic E-state index is -0.198. The first-order valence-electron chi connectivity index (χ1n) is 5.98. The van der Waals surface area contributed by atoms with E-state index in [0.29, 0.717) is 5.56 Å². The molecule has 0 heterocycles. The number of aromatic hydroxyl groups is 2. The Hall–Kier alpha value is -2.75. The zero-order chi connectivity index (χ0) is 14.5. The van der Waals surface area contributed by atoms with Crippen LogP contribution in [0.15, 0.2) is 48.5 Å². The first-order chi connectivity index (χ1) is 9.60. The maximum Gasteiger partial charge on any atom is 0.185 e. The predicted octanol–water partition coefficient (Wildman–Crippen LogP) is 3.00. The van der Waals surface area contributed by atoms with Gasteiger partial charge >= 0.3 is 0 Å². The van der Waals surface area contributed by atoms with E-state index in [-0.39, 0.29) is 23.0 Å². The third kappa shape index (κ3) is 3.17. The molecule has 0 bridgehead atoms. The van der Waals surface area contributed by atoms with E-state index in [0.717, 1.165) is 5.56 Å². The van der Waals surface area contributed by atoms with E-state index in [4.69, 9.17) is 9.84 Å². The topological polar surface area (TPSA) is 66.8 Å². The summed E-state index contributed by atoms with van der Waals surface area (Å²) in [6.45, 7) is 0. The molecule has 4 heteroatoms. The van der Waals surface area contributed by atoms with E-state index in [1.165, 1.54) is 31.4 Å². The molecule has 0 aliphatic rings. The number of benzene rings is 2. The molecule has 0 aliphatic carbocycles. The number of phenolic OH excluding ortho intramolecular Hbond substituents is 2. The van der Waals surface area contributed by atoms with Gasteiger partial charge in [0.1, 0.15) is 5.75 Å². The van der Waals surface area contributed by atoms with Crippen LogP contribution in [0.5, 0.6) is 17.2 Å². The number of rotatable bonds is 4. The van der Waals surface area contributed by atoms with Gasteiger partial charge in [0, 0.05) is 5.56 Å². The van der Waals surface area contributed by atoms with Crippen LogP contribution in [-0.2, 0) is 0 Å². The lowest BCUT2D eigenvalue weighted by Gasteiger charge is -2.04. The number of methoxy groups -OCH3 is 1. The Kier molecular flexibility index (Phi) is 4.05. The second kappa shape index (κ2) is 5.93. The molecule has 0 spiro atoms. The molecule has 0 fully saturated rings. The summed E-state index contributed by atoms with van der Waals surface area (Å²) in [5.74, 6) is 0.230. The Balaban J connectivity index is 2.17. The maximum absolute atomic E-state index is 12.0. The summed E-state index contributed by atoms with van der Waals surface area (Å²) < 4.78 is 4.96. The molecule has 0 saturated carbocycles. The van der Waals surface area contributed by atoms with Crippen LogP contribution < -0.4 is 4.74 Å². The van der Waals surface area contributed by atoms with Crippen molar-refractivity contribution < 1.29 is 19.7 Å². The summed E-state index contributed by atoms with van der Waals surface area (Å²) >= 11 is 0. The van der Waals surface area contributed by atoms with Crippen molar-refractivity contribution in [1.29, 1.82) is 0 Å². The zero-order valence-electron chi connectivity index (χ0n) is 10.9. The SMILES string of the molecule is COc1cc(C(=O)C=Cc2ccc(O)cc2)ccc1O. The fourth-order valence-corrected chi connectivity index (χ4v) is 1.68. The highest BCUT2D eigenvalue weighted by molar-refractivity contribution is 6.07. The molecule has 20 heavy (non-hydrogen) atoms. The van der Waals surface area contributed by atoms with Gasteiger partial charge in [-0.25, -0.2) is 0 Å². The smallest absolute Gasteiger partial charge is 0.185 e. The number of hydrogen-bond acceptors (Lipinski definition) is 4. The molecule has 0 unspecified atom stereocenters. The molecule has 0 radical (unpaired) electrons. The van der Waals surface area contributed by atoms with Crippen molar-refractivity contribution in [2.45, 2.75) is 0 Å². The summed E-state index contributed by atoms with van der Waals surface area (Å²) in [6, 6.07) is 10.9. The number of allylic oxidation sites excluding steroid dienone is 1. The number of ether oxygens (including phenoxy) is 1. The molecular weight excluding hydrogens is 256 g/mol. The Morgan fingerprint density at radius 1 is 1.10 bits per heavy atom. The minimum Gasteiger partial charge on any atom is -0.508 e. The van der Waals surface area contributed by atoms with Crippen molar-refractivity contribution in [2.24, 2.45) is 0 Å². The van der Waals surface area contributed by atoms with Crippen molar-refractivity contribution in [3.8, 4) is 17.2 Å². The molecule has 0 saturated heterocycles. The van der Waals surface area contributed by atoms with E-state index in [1.54, 1.807) is 30.3 Å². The van der Waals surface area contributed by atoms with Crippen molar-refractivity contribution in [3.63, 3.8) is 0 Å². The predicted molar refractivity (Wildman–Crippen MR) is 76.1 cm³/mol. The molecule has 0 aromatic heterocycles. The van der Waals surface area contributed by atoms with Gasteiger partial charge in [-0.3, -0.25) is 4.79 Å². The van der Waals surface area contributed by atoms with Crippen molar-refractivity contribution in [3.05, 3.63) is 59.7 Å². The van der Waals surface area contributed by atoms with E-state index >= 15 is 0 Å². The Bertz CT molecular complexity index is 642. The van der Waals surface area contributed by atoms with Gasteiger partial charge in [-0.1, -0.05) is 18.2 Å². The standard InChI is InChI=1S/C16H14O4/c1-20-16-10-12(5-9-15(16)19)14(18)8-4-11-2-6-13(17)7-3-11/h2-10,17,19H,1H3. The van der Waals surface area contributed by atoms with Crippen molar-refractivity contribution in [1.82, 2.24) is 0 Å². The lowest BCUT2D eigenvalue weighted by atomic mass is 10.1. The van der Waals surface area contributed by atoms with Crippen molar-refractivity contribution in [2.75, 3.05) is 7.11 Å². The largest absolute Gasteiger partial charge is 0.508 e. The number of carbonyl (C=O) groups is 1. The second-order valence-electron chi connectivity index (χ2n) is 4.18. The molecule has 102 valence electrons. The van der Waals surface area contributed by atoms with Gasteiger partial charge in [-0.05, 0) is 42.0 Å². The summed E-state index contributed by atoms with van der Waals surface area (Å²) in [5.41, 5.74) is 1.23. The van der Waals surface area contributed by atoms with Crippen LogP contribution >= 0.6 is 0 Å². The van der Waals surface area contributed by atoms with Gasteiger partial charge in [0.05, 0.1) is 7.11 Å². The highest BCUT2D eigenvalue weighted by Gasteiger charge is 2.07. The molecule has 2 aromatic rings. The van der Waals surface area contributed by atoms with Gasteiger partial charge in [-0.2, -0.15) is 0 Å². The van der Waals surface area contributed by atoms with Gasteiger partial charge in [0.25, 0.3) is 0 Å². The van der Waals surface area contributed by atoms with E-state index in [1.807, 2.05) is 0 Å². The number of phenols is 2. The Morgan fingerprint density at radius 3 is 2.45 bits per heavy atom. The van der Waals surface area contributed by atoms with Gasteiger partial charge in [0.15, 0.2) is 17.3 Å². The van der Waals surface area contributed by atoms with E-state index < -0.39 is 0 Å². The van der Waals surface area contributed by atoms with Gasteiger partial charge < -0.3 is 14.9 Å². The Morgan fingerprint density at radius 2 is 1.80 bits per heavy atom. The van der Waals surface area contributed by atoms with Crippen LogP contribution in [0.2, 0.25) is 0 Å². The van der Waals surface area contributed by atoms with Crippen molar-refractivity contribution >= 4 is 11.9 Å². The summed E-state index contributed by atoms with van der Waals surface area (Å²) in [4.78, 5) is 12.0. The minimum absolute atomic E-state index is 0.00781. The van der Waals surface area contributed by atoms with E-state index in [2.05, 4.69) is 0 Å². The van der Waals surface area contributed by atoms with Gasteiger partial charge in [-0.15, -0.1) is 0 Å². The quantitative estimate of drug-likeness (QED) is 0.662. The molecule has 4 nitrogen and oxygen atoms in total. The van der Waals surface area contributed by atoms with Crippen LogP contribution in [-0.4, -0.2) is 23.1 Å². The van der Waals surface area contributed by atoms with Crippen LogP contribution in [0.1, 0.15) is 15.9 Å². The summed E-state index contributed by atoms with van der Waals surface area (Å²) in [7, 11) is 1.43. The lowest BCUT2D eigenvalue weighted by Crippen LogP contribution is -1.95. The van der Waals surface area contributed by atoms with Crippen LogP contribution in [0.25, 0.3) is 6.08 Å². The van der Waals surface area contributed by atoms with E-state index in [9.17, 15) is 9.90 Å². The summed E-state index contributed by atoms with van der Waals surface area (Å²) in [5, 5.41) is 18.6. The fourth-order valence-electron chi connectivity index (χ4n) is 1.68. The normalized spacial score (nSPS) is 10.7. The number of hydrogen-bond donors (Lipinski definition) is 2. The molecular formula is C16H14O4. The third-order valence-corrected chi connectivity index (χ3v) is 2.78. The molecule has 2 rings (SSSR count). The molecule has 0 amide bonds. The summed E-state index contributed by atoms with van der Waals surface area (Å²) in [6.07, 6.45) is 3.08. The molecule has 0 atom stereocenters. The first kappa shape index (κ1) is 13.7. The molecule has 2 aromatic carbocycles. The average Bonchev–Trinajstić information content (AvgIpc) is 2.47. The lowest BCUT2D eigenvalue weighted by molar-refractivity contribution is 0.104. The average molecular weight is 270 g/mol. The maximum atomic E-state index is 12.0. The second-order valence-corrected chi connectivity index (χ2v) is 4.18. The number of carbonyl (C=O) groups excluding carboxylic acids is 1. The van der Waals surface area contributed by atoms with Crippen LogP contribution in [0, 0.1) is 0 Å². The molecule has 2 N–H and O–H groups in total. The Labute approximate surface area is 116 Å². The van der Waals surface area contributed by atoms with Crippen LogP contribution in [0.3, 0.4) is 0 Å². The highest BCUT2D eigenvalue weighted by Crippen LogP contribution is 2.26. The zero-order valence-corrected chi connectivity index (χ0v) is 10.9. The first-order valence-corrected chi connectivity index (χ1v) is 5.98. The molecule has 0 aliphatic heterocycles. The number of ketones is 1. The fraction of sp³-hybridized carbons (Fsp3) is 0.0625. The third-order valence-electron chi connectivity index (χ3n) is 2.78.